The molecule has 3 heterocycles. The largest absolute Gasteiger partial charge is 0.497 e. The van der Waals surface area contributed by atoms with Gasteiger partial charge in [-0.15, -0.1) is 0 Å². The molecule has 3 fully saturated rings. The third-order valence-electron chi connectivity index (χ3n) is 11.1. The number of benzene rings is 2. The highest BCUT2D eigenvalue weighted by Gasteiger charge is 2.40. The van der Waals surface area contributed by atoms with Gasteiger partial charge < -0.3 is 35.2 Å². The zero-order valence-corrected chi connectivity index (χ0v) is 35.6. The summed E-state index contributed by atoms with van der Waals surface area (Å²) in [5.41, 5.74) is 1.30. The van der Waals surface area contributed by atoms with E-state index in [1.165, 1.54) is 6.07 Å². The third kappa shape index (κ3) is 12.4. The number of halogens is 4. The van der Waals surface area contributed by atoms with Gasteiger partial charge in [-0.3, -0.25) is 9.59 Å². The molecule has 1 aliphatic heterocycles. The lowest BCUT2D eigenvalue weighted by Gasteiger charge is -2.28. The van der Waals surface area contributed by atoms with E-state index in [1.54, 1.807) is 37.6 Å². The second-order valence-corrected chi connectivity index (χ2v) is 16.9. The number of alkyl halides is 3. The van der Waals surface area contributed by atoms with Crippen LogP contribution in [0, 0.1) is 11.8 Å². The summed E-state index contributed by atoms with van der Waals surface area (Å²) in [4.78, 5) is 36.5. The molecule has 4 N–H and O–H groups in total. The van der Waals surface area contributed by atoms with Gasteiger partial charge in [0.1, 0.15) is 11.6 Å². The Morgan fingerprint density at radius 1 is 0.934 bits per heavy atom. The number of nitrogens with one attached hydrogen (secondary N) is 2. The first-order valence-electron chi connectivity index (χ1n) is 21.0. The lowest BCUT2D eigenvalue weighted by atomic mass is 9.92. The third-order valence-corrected chi connectivity index (χ3v) is 11.3. The van der Waals surface area contributed by atoms with Crippen LogP contribution in [0.2, 0.25) is 5.02 Å². The first-order chi connectivity index (χ1) is 29.2. The number of ether oxygens (including phenoxy) is 2. The number of rotatable bonds is 14. The molecule has 2 amide bonds. The van der Waals surface area contributed by atoms with Crippen LogP contribution >= 0.6 is 11.6 Å². The van der Waals surface area contributed by atoms with Crippen LogP contribution in [0.1, 0.15) is 98.0 Å². The van der Waals surface area contributed by atoms with Crippen molar-refractivity contribution in [2.45, 2.75) is 96.0 Å². The summed E-state index contributed by atoms with van der Waals surface area (Å²) in [6.07, 6.45) is 3.56. The van der Waals surface area contributed by atoms with Crippen LogP contribution in [-0.4, -0.2) is 83.6 Å². The monoisotopic (exact) mass is 865 g/mol. The van der Waals surface area contributed by atoms with Crippen molar-refractivity contribution >= 4 is 29.2 Å². The number of carbonyl (C=O) groups is 2. The highest BCUT2D eigenvalue weighted by Crippen LogP contribution is 2.39. The summed E-state index contributed by atoms with van der Waals surface area (Å²) in [6, 6.07) is 16.5. The quantitative estimate of drug-likeness (QED) is 0.0978. The van der Waals surface area contributed by atoms with Crippen LogP contribution in [0.25, 0.3) is 22.3 Å². The summed E-state index contributed by atoms with van der Waals surface area (Å²) in [6.45, 7) is 6.27. The molecule has 1 saturated heterocycles. The number of anilines is 1. The first-order valence-corrected chi connectivity index (χ1v) is 21.4. The molecule has 0 spiro atoms. The van der Waals surface area contributed by atoms with Gasteiger partial charge in [-0.1, -0.05) is 62.6 Å². The van der Waals surface area contributed by atoms with Crippen molar-refractivity contribution in [2.24, 2.45) is 11.8 Å². The fourth-order valence-corrected chi connectivity index (χ4v) is 7.75. The maximum Gasteiger partial charge on any atom is 0.434 e. The fourth-order valence-electron chi connectivity index (χ4n) is 7.62. The smallest absolute Gasteiger partial charge is 0.434 e. The summed E-state index contributed by atoms with van der Waals surface area (Å²) in [5.74, 6) is 1.06. The van der Waals surface area contributed by atoms with Gasteiger partial charge in [0.15, 0.2) is 5.69 Å². The van der Waals surface area contributed by atoms with Crippen molar-refractivity contribution in [3.05, 3.63) is 88.7 Å². The first kappa shape index (κ1) is 45.6. The highest BCUT2D eigenvalue weighted by molar-refractivity contribution is 6.30. The summed E-state index contributed by atoms with van der Waals surface area (Å²) in [5, 5.41) is 25.7. The number of methoxy groups -OCH3 is 1. The summed E-state index contributed by atoms with van der Waals surface area (Å²) in [7, 11) is 1.65. The zero-order valence-electron chi connectivity index (χ0n) is 34.8. The van der Waals surface area contributed by atoms with Crippen LogP contribution in [0.3, 0.4) is 0 Å². The van der Waals surface area contributed by atoms with E-state index in [0.717, 1.165) is 80.7 Å². The van der Waals surface area contributed by atoms with Crippen LogP contribution in [0.15, 0.2) is 66.9 Å². The highest BCUT2D eigenvalue weighted by atomic mass is 35.5. The van der Waals surface area contributed by atoms with E-state index in [-0.39, 0.29) is 36.6 Å². The van der Waals surface area contributed by atoms with Gasteiger partial charge >= 0.3 is 6.18 Å². The van der Waals surface area contributed by atoms with E-state index in [2.05, 4.69) is 39.3 Å². The standard InChI is InChI=1S/C23H24ClF3N2O3.C23H31N3O3/c24-15-9-7-14(8-10-15)16-11-17(21(31)28-18-3-1-2-4-19(18)30)20(23(25,26)27)29-22(16)32-12-13-5-6-13;1-16(2)11-19(15-27)25-23(28)18-13-21(17-7-6-8-20(12-17)29-3)22(24-14-18)26-9-4-5-10-26/h7-11,13,18-19,30H,1-6,12H2,(H,28,31);6-8,12-14,16,19,27H,4-5,9-11,15H2,1-3H3,(H,25,28)/t18-,19-;19-/m10/s1. The van der Waals surface area contributed by atoms with Gasteiger partial charge in [0.25, 0.3) is 11.8 Å². The molecule has 0 unspecified atom stereocenters. The molecule has 11 nitrogen and oxygen atoms in total. The number of hydrogen-bond donors (Lipinski definition) is 4. The molecule has 61 heavy (non-hydrogen) atoms. The topological polar surface area (TPSA) is 146 Å². The maximum absolute atomic E-state index is 13.9. The number of aliphatic hydroxyl groups excluding tert-OH is 2. The van der Waals surface area contributed by atoms with E-state index < -0.39 is 35.5 Å². The molecule has 0 radical (unpaired) electrons. The number of hydrogen-bond acceptors (Lipinski definition) is 9. The molecule has 2 aromatic heterocycles. The lowest BCUT2D eigenvalue weighted by molar-refractivity contribution is -0.141. The second-order valence-electron chi connectivity index (χ2n) is 16.4. The predicted molar refractivity (Wildman–Crippen MR) is 229 cm³/mol. The van der Waals surface area contributed by atoms with Crippen molar-refractivity contribution in [3.63, 3.8) is 0 Å². The van der Waals surface area contributed by atoms with Crippen LogP contribution in [-0.2, 0) is 6.18 Å². The Morgan fingerprint density at radius 3 is 2.30 bits per heavy atom. The Labute approximate surface area is 360 Å². The van der Waals surface area contributed by atoms with Crippen LogP contribution in [0.4, 0.5) is 19.0 Å². The van der Waals surface area contributed by atoms with Crippen molar-refractivity contribution in [1.29, 1.82) is 0 Å². The van der Waals surface area contributed by atoms with Gasteiger partial charge in [0.2, 0.25) is 5.88 Å². The normalized spacial score (nSPS) is 18.2. The number of pyridine rings is 2. The number of amides is 2. The molecular formula is C46H55ClF3N5O6. The van der Waals surface area contributed by atoms with E-state index >= 15 is 0 Å². The zero-order chi connectivity index (χ0) is 43.7. The summed E-state index contributed by atoms with van der Waals surface area (Å²) >= 11 is 5.96. The molecule has 328 valence electrons. The molecule has 2 saturated carbocycles. The Hall–Kier alpha value is -4.92. The molecule has 2 aromatic carbocycles. The number of nitrogens with zero attached hydrogens (tertiary/aromatic N) is 3. The molecular weight excluding hydrogens is 811 g/mol. The molecule has 0 bridgehead atoms. The summed E-state index contributed by atoms with van der Waals surface area (Å²) < 4.78 is 52.7. The average Bonchev–Trinajstić information content (AvgIpc) is 3.92. The van der Waals surface area contributed by atoms with Crippen molar-refractivity contribution in [1.82, 2.24) is 20.6 Å². The minimum absolute atomic E-state index is 0.0774. The average molecular weight is 866 g/mol. The van der Waals surface area contributed by atoms with Gasteiger partial charge in [0, 0.05) is 35.4 Å². The fraction of sp³-hybridized carbons (Fsp3) is 0.478. The van der Waals surface area contributed by atoms with Gasteiger partial charge in [-0.2, -0.15) is 13.2 Å². The van der Waals surface area contributed by atoms with E-state index in [0.29, 0.717) is 40.8 Å². The minimum Gasteiger partial charge on any atom is -0.497 e. The molecule has 3 aliphatic rings. The Kier molecular flexibility index (Phi) is 15.5. The second kappa shape index (κ2) is 20.8. The van der Waals surface area contributed by atoms with Crippen molar-refractivity contribution in [3.8, 4) is 33.9 Å². The van der Waals surface area contributed by atoms with E-state index in [9.17, 15) is 33.0 Å². The minimum atomic E-state index is -4.85. The molecule has 7 rings (SSSR count). The number of carbonyl (C=O) groups excluding carboxylic acids is 2. The molecule has 15 heteroatoms. The Bertz CT molecular complexity index is 2110. The van der Waals surface area contributed by atoms with Crippen molar-refractivity contribution < 1.29 is 42.4 Å². The van der Waals surface area contributed by atoms with E-state index in [4.69, 9.17) is 21.1 Å². The lowest BCUT2D eigenvalue weighted by Crippen LogP contribution is -2.45. The molecule has 3 atom stereocenters. The Morgan fingerprint density at radius 2 is 1.66 bits per heavy atom. The SMILES string of the molecule is COc1cccc(-c2cc(C(=O)N[C@H](CO)CC(C)C)cnc2N2CCCC2)c1.O=C(N[C@@H]1CCCC[C@H]1O)c1cc(-c2ccc(Cl)cc2)c(OCC2CC2)nc1C(F)(F)F. The van der Waals surface area contributed by atoms with Gasteiger partial charge in [-0.05, 0) is 104 Å². The van der Waals surface area contributed by atoms with Gasteiger partial charge in [0.05, 0.1) is 49.6 Å². The van der Waals surface area contributed by atoms with Crippen LogP contribution in [0.5, 0.6) is 11.6 Å². The number of aliphatic hydroxyl groups is 2. The van der Waals surface area contributed by atoms with Crippen molar-refractivity contribution in [2.75, 3.05) is 38.3 Å². The molecule has 4 aromatic rings. The number of aromatic nitrogens is 2. The molecule has 2 aliphatic carbocycles. The Balaban J connectivity index is 0.000000205. The predicted octanol–water partition coefficient (Wildman–Crippen LogP) is 8.74. The maximum atomic E-state index is 13.9. The van der Waals surface area contributed by atoms with E-state index in [1.807, 2.05) is 30.3 Å². The van der Waals surface area contributed by atoms with Gasteiger partial charge in [-0.25, -0.2) is 9.97 Å². The van der Waals surface area contributed by atoms with Crippen LogP contribution < -0.4 is 25.0 Å².